The fraction of sp³-hybridized carbons (Fsp3) is 0.357. The van der Waals surface area contributed by atoms with E-state index in [0.717, 1.165) is 23.7 Å². The Morgan fingerprint density at radius 2 is 2.00 bits per heavy atom. The summed E-state index contributed by atoms with van der Waals surface area (Å²) in [4.78, 5) is 12.9. The van der Waals surface area contributed by atoms with Crippen LogP contribution in [0.2, 0.25) is 5.02 Å². The van der Waals surface area contributed by atoms with Crippen LogP contribution >= 0.6 is 23.4 Å². The average Bonchev–Trinajstić information content (AvgIpc) is 2.43. The highest BCUT2D eigenvalue weighted by molar-refractivity contribution is 7.99. The van der Waals surface area contributed by atoms with Crippen LogP contribution in [0.25, 0.3) is 0 Å². The number of hydrogen-bond acceptors (Lipinski definition) is 5. The Labute approximate surface area is 128 Å². The molecule has 0 aliphatic carbocycles. The summed E-state index contributed by atoms with van der Waals surface area (Å²) in [5.74, 6) is 0.636. The summed E-state index contributed by atoms with van der Waals surface area (Å²) in [6, 6.07) is 3.61. The van der Waals surface area contributed by atoms with Gasteiger partial charge in [0.05, 0.1) is 5.02 Å². The van der Waals surface area contributed by atoms with Crippen molar-refractivity contribution in [2.75, 3.05) is 6.54 Å². The average molecular weight is 309 g/mol. The minimum absolute atomic E-state index is 0.615. The van der Waals surface area contributed by atoms with Gasteiger partial charge in [-0.3, -0.25) is 0 Å². The minimum Gasteiger partial charge on any atom is -0.312 e. The van der Waals surface area contributed by atoms with Gasteiger partial charge in [-0.05, 0) is 36.4 Å². The van der Waals surface area contributed by atoms with E-state index in [0.29, 0.717) is 16.1 Å². The Morgan fingerprint density at radius 3 is 2.65 bits per heavy atom. The van der Waals surface area contributed by atoms with Crippen molar-refractivity contribution in [2.24, 2.45) is 5.92 Å². The van der Waals surface area contributed by atoms with Crippen molar-refractivity contribution in [3.8, 4) is 0 Å². The predicted octanol–water partition coefficient (Wildman–Crippen LogP) is 3.42. The van der Waals surface area contributed by atoms with E-state index in [2.05, 4.69) is 34.1 Å². The van der Waals surface area contributed by atoms with Crippen molar-refractivity contribution in [3.05, 3.63) is 41.3 Å². The molecule has 106 valence electrons. The minimum atomic E-state index is 0.615. The SMILES string of the molecule is CC(C)CNCc1cnc(Sc2ncccc2Cl)nc1. The molecule has 2 aromatic rings. The maximum absolute atomic E-state index is 6.05. The van der Waals surface area contributed by atoms with E-state index in [1.807, 2.05) is 12.4 Å². The van der Waals surface area contributed by atoms with Crippen LogP contribution in [0.1, 0.15) is 19.4 Å². The van der Waals surface area contributed by atoms with E-state index in [-0.39, 0.29) is 0 Å². The molecule has 0 radical (unpaired) electrons. The Kier molecular flexibility index (Phi) is 5.76. The maximum Gasteiger partial charge on any atom is 0.193 e. The standard InChI is InChI=1S/C14H17ClN4S/c1-10(2)6-16-7-11-8-18-14(19-9-11)20-13-12(15)4-3-5-17-13/h3-5,8-10,16H,6-7H2,1-2H3. The summed E-state index contributed by atoms with van der Waals surface area (Å²) < 4.78 is 0. The molecule has 0 atom stereocenters. The highest BCUT2D eigenvalue weighted by Gasteiger charge is 2.06. The van der Waals surface area contributed by atoms with Crippen molar-refractivity contribution in [1.82, 2.24) is 20.3 Å². The molecule has 0 aliphatic rings. The number of hydrogen-bond donors (Lipinski definition) is 1. The highest BCUT2D eigenvalue weighted by atomic mass is 35.5. The third kappa shape index (κ3) is 4.74. The van der Waals surface area contributed by atoms with Gasteiger partial charge in [-0.25, -0.2) is 15.0 Å². The number of halogens is 1. The van der Waals surface area contributed by atoms with Crippen molar-refractivity contribution in [2.45, 2.75) is 30.6 Å². The second-order valence-corrected chi connectivity index (χ2v) is 6.15. The van der Waals surface area contributed by atoms with Crippen molar-refractivity contribution in [1.29, 1.82) is 0 Å². The van der Waals surface area contributed by atoms with Gasteiger partial charge in [-0.2, -0.15) is 0 Å². The zero-order valence-corrected chi connectivity index (χ0v) is 13.1. The van der Waals surface area contributed by atoms with Crippen LogP contribution in [-0.2, 0) is 6.54 Å². The summed E-state index contributed by atoms with van der Waals surface area (Å²) in [6.45, 7) is 6.13. The Balaban J connectivity index is 1.93. The van der Waals surface area contributed by atoms with Crippen LogP contribution in [0.15, 0.2) is 40.9 Å². The second-order valence-electron chi connectivity index (χ2n) is 4.79. The number of pyridine rings is 1. The van der Waals surface area contributed by atoms with Gasteiger partial charge in [0.25, 0.3) is 0 Å². The van der Waals surface area contributed by atoms with Gasteiger partial charge < -0.3 is 5.32 Å². The molecule has 0 spiro atoms. The van der Waals surface area contributed by atoms with E-state index in [1.165, 1.54) is 11.8 Å². The smallest absolute Gasteiger partial charge is 0.193 e. The van der Waals surface area contributed by atoms with E-state index in [4.69, 9.17) is 11.6 Å². The summed E-state index contributed by atoms with van der Waals surface area (Å²) in [7, 11) is 0. The van der Waals surface area contributed by atoms with Gasteiger partial charge in [0, 0.05) is 30.7 Å². The van der Waals surface area contributed by atoms with E-state index < -0.39 is 0 Å². The Bertz CT molecular complexity index is 545. The normalized spacial score (nSPS) is 11.0. The fourth-order valence-corrected chi connectivity index (χ4v) is 2.42. The molecular formula is C14H17ClN4S. The molecule has 0 aliphatic heterocycles. The zero-order chi connectivity index (χ0) is 14.4. The van der Waals surface area contributed by atoms with Gasteiger partial charge in [0.1, 0.15) is 5.03 Å². The van der Waals surface area contributed by atoms with Crippen LogP contribution < -0.4 is 5.32 Å². The lowest BCUT2D eigenvalue weighted by molar-refractivity contribution is 0.550. The number of rotatable bonds is 6. The van der Waals surface area contributed by atoms with Crippen molar-refractivity contribution in [3.63, 3.8) is 0 Å². The third-order valence-electron chi connectivity index (χ3n) is 2.48. The number of aromatic nitrogens is 3. The first-order chi connectivity index (χ1) is 9.65. The van der Waals surface area contributed by atoms with Crippen LogP contribution in [-0.4, -0.2) is 21.5 Å². The quantitative estimate of drug-likeness (QED) is 0.829. The lowest BCUT2D eigenvalue weighted by Crippen LogP contribution is -2.19. The van der Waals surface area contributed by atoms with Gasteiger partial charge in [-0.1, -0.05) is 25.4 Å². The van der Waals surface area contributed by atoms with Crippen molar-refractivity contribution >= 4 is 23.4 Å². The number of nitrogens with zero attached hydrogens (tertiary/aromatic N) is 3. The monoisotopic (exact) mass is 308 g/mol. The maximum atomic E-state index is 6.05. The molecule has 0 fully saturated rings. The Morgan fingerprint density at radius 1 is 1.25 bits per heavy atom. The molecular weight excluding hydrogens is 292 g/mol. The van der Waals surface area contributed by atoms with Crippen LogP contribution in [0, 0.1) is 5.92 Å². The molecule has 6 heteroatoms. The largest absolute Gasteiger partial charge is 0.312 e. The van der Waals surface area contributed by atoms with Crippen LogP contribution in [0.3, 0.4) is 0 Å². The topological polar surface area (TPSA) is 50.7 Å². The molecule has 2 rings (SSSR count). The summed E-state index contributed by atoms with van der Waals surface area (Å²) in [5.41, 5.74) is 1.07. The number of nitrogens with one attached hydrogen (secondary N) is 1. The molecule has 0 amide bonds. The molecule has 2 aromatic heterocycles. The molecule has 2 heterocycles. The second kappa shape index (κ2) is 7.57. The first kappa shape index (κ1) is 15.2. The Hall–Kier alpha value is -1.17. The first-order valence-corrected chi connectivity index (χ1v) is 7.64. The lowest BCUT2D eigenvalue weighted by Gasteiger charge is -2.07. The molecule has 1 N–H and O–H groups in total. The van der Waals surface area contributed by atoms with Gasteiger partial charge in [0.2, 0.25) is 0 Å². The molecule has 4 nitrogen and oxygen atoms in total. The fourth-order valence-electron chi connectivity index (χ4n) is 1.52. The van der Waals surface area contributed by atoms with Crippen molar-refractivity contribution < 1.29 is 0 Å². The third-order valence-corrected chi connectivity index (χ3v) is 3.81. The van der Waals surface area contributed by atoms with Gasteiger partial charge >= 0.3 is 0 Å². The van der Waals surface area contributed by atoms with E-state index in [9.17, 15) is 0 Å². The van der Waals surface area contributed by atoms with Gasteiger partial charge in [0.15, 0.2) is 5.16 Å². The van der Waals surface area contributed by atoms with E-state index >= 15 is 0 Å². The molecule has 0 bridgehead atoms. The summed E-state index contributed by atoms with van der Waals surface area (Å²) >= 11 is 7.42. The lowest BCUT2D eigenvalue weighted by atomic mass is 10.2. The first-order valence-electron chi connectivity index (χ1n) is 6.45. The van der Waals surface area contributed by atoms with Gasteiger partial charge in [-0.15, -0.1) is 0 Å². The molecule has 0 saturated heterocycles. The summed E-state index contributed by atoms with van der Waals surface area (Å²) in [6.07, 6.45) is 5.37. The highest BCUT2D eigenvalue weighted by Crippen LogP contribution is 2.28. The van der Waals surface area contributed by atoms with Crippen LogP contribution in [0.4, 0.5) is 0 Å². The molecule has 20 heavy (non-hydrogen) atoms. The molecule has 0 saturated carbocycles. The van der Waals surface area contributed by atoms with Crippen LogP contribution in [0.5, 0.6) is 0 Å². The molecule has 0 unspecified atom stereocenters. The molecule has 0 aromatic carbocycles. The zero-order valence-electron chi connectivity index (χ0n) is 11.5. The summed E-state index contributed by atoms with van der Waals surface area (Å²) in [5, 5.41) is 5.35. The predicted molar refractivity (Wildman–Crippen MR) is 81.9 cm³/mol. The van der Waals surface area contributed by atoms with E-state index in [1.54, 1.807) is 18.3 Å².